The maximum absolute atomic E-state index is 5.81. The molecule has 0 saturated carbocycles. The van der Waals surface area contributed by atoms with E-state index in [0.717, 1.165) is 0 Å². The van der Waals surface area contributed by atoms with Crippen LogP contribution in [0.25, 0.3) is 0 Å². The second-order valence-corrected chi connectivity index (χ2v) is 7.16. The SMILES string of the molecule is COP(c1cc(C)cc(C)c1)c1cc(C)cc(C)c1. The van der Waals surface area contributed by atoms with E-state index in [-0.39, 0.29) is 0 Å². The van der Waals surface area contributed by atoms with E-state index in [4.69, 9.17) is 4.52 Å². The standard InChI is InChI=1S/C17H21OP/c1-12-6-13(2)9-16(8-12)19(18-5)17-10-14(3)7-15(4)11-17/h6-11H,1-5H3. The molecule has 2 aromatic carbocycles. The van der Waals surface area contributed by atoms with Crippen LogP contribution in [0.3, 0.4) is 0 Å². The van der Waals surface area contributed by atoms with Crippen molar-refractivity contribution in [3.05, 3.63) is 58.7 Å². The first-order valence-corrected chi connectivity index (χ1v) is 7.76. The third kappa shape index (κ3) is 3.43. The summed E-state index contributed by atoms with van der Waals surface area (Å²) in [6, 6.07) is 13.3. The predicted molar refractivity (Wildman–Crippen MR) is 85.0 cm³/mol. The van der Waals surface area contributed by atoms with Crippen molar-refractivity contribution >= 4 is 18.8 Å². The van der Waals surface area contributed by atoms with Crippen molar-refractivity contribution in [1.29, 1.82) is 0 Å². The van der Waals surface area contributed by atoms with Gasteiger partial charge in [0.05, 0.1) is 8.15 Å². The molecule has 100 valence electrons. The lowest BCUT2D eigenvalue weighted by Gasteiger charge is -2.18. The highest BCUT2D eigenvalue weighted by Gasteiger charge is 2.15. The second-order valence-electron chi connectivity index (χ2n) is 5.17. The highest BCUT2D eigenvalue weighted by atomic mass is 31.1. The largest absolute Gasteiger partial charge is 0.353 e. The summed E-state index contributed by atoms with van der Waals surface area (Å²) in [6.07, 6.45) is 0. The summed E-state index contributed by atoms with van der Waals surface area (Å²) in [5, 5.41) is 2.58. The summed E-state index contributed by atoms with van der Waals surface area (Å²) in [7, 11) is 1.09. The van der Waals surface area contributed by atoms with Gasteiger partial charge >= 0.3 is 0 Å². The fraction of sp³-hybridized carbons (Fsp3) is 0.294. The molecule has 0 spiro atoms. The van der Waals surface area contributed by atoms with Crippen LogP contribution in [-0.2, 0) is 4.52 Å². The van der Waals surface area contributed by atoms with E-state index in [2.05, 4.69) is 64.1 Å². The molecule has 0 N–H and O–H groups in total. The fourth-order valence-electron chi connectivity index (χ4n) is 2.50. The van der Waals surface area contributed by atoms with Crippen LogP contribution in [0.4, 0.5) is 0 Å². The molecule has 0 aliphatic carbocycles. The number of benzene rings is 2. The number of hydrogen-bond donors (Lipinski definition) is 0. The van der Waals surface area contributed by atoms with Crippen LogP contribution in [-0.4, -0.2) is 7.11 Å². The van der Waals surface area contributed by atoms with Gasteiger partial charge in [0.1, 0.15) is 0 Å². The van der Waals surface area contributed by atoms with Crippen LogP contribution >= 0.6 is 8.15 Å². The molecule has 0 radical (unpaired) electrons. The molecule has 0 aliphatic rings. The van der Waals surface area contributed by atoms with Crippen LogP contribution in [0.15, 0.2) is 36.4 Å². The Kier molecular flexibility index (Phi) is 4.39. The van der Waals surface area contributed by atoms with E-state index in [0.29, 0.717) is 0 Å². The van der Waals surface area contributed by atoms with Gasteiger partial charge in [0, 0.05) is 17.7 Å². The summed E-state index contributed by atoms with van der Waals surface area (Å²) in [5.41, 5.74) is 5.18. The first-order chi connectivity index (χ1) is 8.99. The third-order valence-electron chi connectivity index (χ3n) is 3.06. The van der Waals surface area contributed by atoms with Crippen molar-refractivity contribution in [3.63, 3.8) is 0 Å². The molecule has 0 saturated heterocycles. The Morgan fingerprint density at radius 2 is 0.947 bits per heavy atom. The molecular weight excluding hydrogens is 251 g/mol. The summed E-state index contributed by atoms with van der Waals surface area (Å²) in [4.78, 5) is 0. The molecule has 0 unspecified atom stereocenters. The summed E-state index contributed by atoms with van der Waals surface area (Å²) in [6.45, 7) is 8.56. The van der Waals surface area contributed by atoms with E-state index >= 15 is 0 Å². The lowest BCUT2D eigenvalue weighted by Crippen LogP contribution is -2.14. The van der Waals surface area contributed by atoms with Gasteiger partial charge in [-0.3, -0.25) is 0 Å². The molecule has 2 heteroatoms. The lowest BCUT2D eigenvalue weighted by molar-refractivity contribution is 0.474. The van der Waals surface area contributed by atoms with Crippen LogP contribution in [0, 0.1) is 27.7 Å². The van der Waals surface area contributed by atoms with Crippen molar-refractivity contribution in [3.8, 4) is 0 Å². The number of aryl methyl sites for hydroxylation is 4. The minimum absolute atomic E-state index is 0.713. The molecular formula is C17H21OP. The van der Waals surface area contributed by atoms with Gasteiger partial charge in [-0.2, -0.15) is 0 Å². The second kappa shape index (κ2) is 5.86. The topological polar surface area (TPSA) is 9.23 Å². The molecule has 0 atom stereocenters. The van der Waals surface area contributed by atoms with Crippen LogP contribution < -0.4 is 10.6 Å². The first-order valence-electron chi connectivity index (χ1n) is 6.50. The highest BCUT2D eigenvalue weighted by Crippen LogP contribution is 2.34. The van der Waals surface area contributed by atoms with Gasteiger partial charge < -0.3 is 4.52 Å². The van der Waals surface area contributed by atoms with Crippen molar-refractivity contribution in [2.75, 3.05) is 7.11 Å². The van der Waals surface area contributed by atoms with Gasteiger partial charge in [-0.15, -0.1) is 0 Å². The quantitative estimate of drug-likeness (QED) is 0.770. The predicted octanol–water partition coefficient (Wildman–Crippen LogP) is 3.91. The van der Waals surface area contributed by atoms with Gasteiger partial charge in [-0.25, -0.2) is 0 Å². The fourth-order valence-corrected chi connectivity index (χ4v) is 4.50. The van der Waals surface area contributed by atoms with Crippen LogP contribution in [0.1, 0.15) is 22.3 Å². The molecule has 0 fully saturated rings. The van der Waals surface area contributed by atoms with Crippen LogP contribution in [0.5, 0.6) is 0 Å². The molecule has 2 aromatic rings. The van der Waals surface area contributed by atoms with Gasteiger partial charge in [0.15, 0.2) is 0 Å². The first kappa shape index (κ1) is 14.2. The van der Waals surface area contributed by atoms with E-state index < -0.39 is 8.15 Å². The molecule has 0 heterocycles. The number of hydrogen-bond acceptors (Lipinski definition) is 1. The monoisotopic (exact) mass is 272 g/mol. The summed E-state index contributed by atoms with van der Waals surface area (Å²) in [5.74, 6) is 0. The molecule has 0 bridgehead atoms. The van der Waals surface area contributed by atoms with Crippen molar-refractivity contribution in [2.45, 2.75) is 27.7 Å². The molecule has 2 rings (SSSR count). The third-order valence-corrected chi connectivity index (χ3v) is 4.88. The normalized spacial score (nSPS) is 11.1. The average molecular weight is 272 g/mol. The van der Waals surface area contributed by atoms with E-state index in [1.807, 2.05) is 0 Å². The molecule has 0 aromatic heterocycles. The van der Waals surface area contributed by atoms with Gasteiger partial charge in [-0.05, 0) is 52.0 Å². The number of rotatable bonds is 3. The van der Waals surface area contributed by atoms with Gasteiger partial charge in [0.25, 0.3) is 0 Å². The molecule has 19 heavy (non-hydrogen) atoms. The maximum atomic E-state index is 5.81. The summed E-state index contributed by atoms with van der Waals surface area (Å²) >= 11 is 0. The Balaban J connectivity index is 2.49. The highest BCUT2D eigenvalue weighted by molar-refractivity contribution is 7.68. The Hall–Kier alpha value is -1.17. The maximum Gasteiger partial charge on any atom is 0.0913 e. The Morgan fingerprint density at radius 1 is 0.632 bits per heavy atom. The smallest absolute Gasteiger partial charge is 0.0913 e. The summed E-state index contributed by atoms with van der Waals surface area (Å²) < 4.78 is 5.81. The lowest BCUT2D eigenvalue weighted by atomic mass is 10.2. The van der Waals surface area contributed by atoms with Crippen molar-refractivity contribution < 1.29 is 4.52 Å². The Bertz CT molecular complexity index is 498. The zero-order valence-corrected chi connectivity index (χ0v) is 13.2. The minimum Gasteiger partial charge on any atom is -0.353 e. The Labute approximate surface area is 117 Å². The van der Waals surface area contributed by atoms with E-state index in [1.165, 1.54) is 32.9 Å². The van der Waals surface area contributed by atoms with Crippen molar-refractivity contribution in [1.82, 2.24) is 0 Å². The Morgan fingerprint density at radius 3 is 1.21 bits per heavy atom. The van der Waals surface area contributed by atoms with Crippen LogP contribution in [0.2, 0.25) is 0 Å². The van der Waals surface area contributed by atoms with E-state index in [9.17, 15) is 0 Å². The molecule has 0 amide bonds. The molecule has 1 nitrogen and oxygen atoms in total. The average Bonchev–Trinajstić information content (AvgIpc) is 2.27. The van der Waals surface area contributed by atoms with E-state index in [1.54, 1.807) is 7.11 Å². The van der Waals surface area contributed by atoms with Gasteiger partial charge in [-0.1, -0.05) is 34.4 Å². The zero-order chi connectivity index (χ0) is 14.0. The molecule has 0 aliphatic heterocycles. The minimum atomic E-state index is -0.713. The van der Waals surface area contributed by atoms with Crippen molar-refractivity contribution in [2.24, 2.45) is 0 Å². The van der Waals surface area contributed by atoms with Gasteiger partial charge in [0.2, 0.25) is 0 Å². The zero-order valence-electron chi connectivity index (χ0n) is 12.3.